The summed E-state index contributed by atoms with van der Waals surface area (Å²) in [5.41, 5.74) is 0. The molecule has 1 saturated heterocycles. The maximum atomic E-state index is 9.69. The first kappa shape index (κ1) is 12.0. The smallest absolute Gasteiger partial charge is 0.0693 e. The minimum Gasteiger partial charge on any atom is -0.392 e. The Morgan fingerprint density at radius 2 is 2.21 bits per heavy atom. The van der Waals surface area contributed by atoms with Gasteiger partial charge in [-0.2, -0.15) is 0 Å². The van der Waals surface area contributed by atoms with Gasteiger partial charge in [0, 0.05) is 25.7 Å². The van der Waals surface area contributed by atoms with Crippen molar-refractivity contribution in [1.82, 2.24) is 10.2 Å². The third kappa shape index (κ3) is 3.95. The SMILES string of the molecule is CC(C)NCCN1CCC(C)C(O)C1. The summed E-state index contributed by atoms with van der Waals surface area (Å²) in [6.07, 6.45) is 1.01. The molecule has 1 heterocycles. The van der Waals surface area contributed by atoms with Crippen molar-refractivity contribution in [3.05, 3.63) is 0 Å². The third-order valence-electron chi connectivity index (χ3n) is 2.98. The highest BCUT2D eigenvalue weighted by Crippen LogP contribution is 2.16. The highest BCUT2D eigenvalue weighted by atomic mass is 16.3. The van der Waals surface area contributed by atoms with Crippen LogP contribution in [0.4, 0.5) is 0 Å². The number of piperidine rings is 1. The second-order valence-electron chi connectivity index (χ2n) is 4.74. The molecule has 0 aromatic heterocycles. The Balaban J connectivity index is 2.13. The van der Waals surface area contributed by atoms with E-state index in [1.54, 1.807) is 0 Å². The lowest BCUT2D eigenvalue weighted by molar-refractivity contribution is 0.0296. The second-order valence-corrected chi connectivity index (χ2v) is 4.74. The van der Waals surface area contributed by atoms with Gasteiger partial charge in [-0.05, 0) is 18.9 Å². The lowest BCUT2D eigenvalue weighted by atomic mass is 9.96. The summed E-state index contributed by atoms with van der Waals surface area (Å²) >= 11 is 0. The van der Waals surface area contributed by atoms with Gasteiger partial charge in [0.25, 0.3) is 0 Å². The summed E-state index contributed by atoms with van der Waals surface area (Å²) in [5.74, 6) is 0.476. The number of aliphatic hydroxyl groups is 1. The van der Waals surface area contributed by atoms with Crippen LogP contribution in [-0.4, -0.2) is 48.3 Å². The van der Waals surface area contributed by atoms with Crippen molar-refractivity contribution < 1.29 is 5.11 Å². The van der Waals surface area contributed by atoms with Gasteiger partial charge in [0.1, 0.15) is 0 Å². The van der Waals surface area contributed by atoms with Crippen molar-refractivity contribution in [2.45, 2.75) is 39.3 Å². The van der Waals surface area contributed by atoms with E-state index in [-0.39, 0.29) is 6.10 Å². The van der Waals surface area contributed by atoms with Crippen LogP contribution < -0.4 is 5.32 Å². The molecule has 0 saturated carbocycles. The molecule has 1 aliphatic rings. The Bertz CT molecular complexity index is 161. The quantitative estimate of drug-likeness (QED) is 0.701. The number of nitrogens with one attached hydrogen (secondary N) is 1. The molecule has 0 amide bonds. The standard InChI is InChI=1S/C11H24N2O/c1-9(2)12-5-7-13-6-4-10(3)11(14)8-13/h9-12,14H,4-8H2,1-3H3. The second kappa shape index (κ2) is 5.69. The monoisotopic (exact) mass is 200 g/mol. The van der Waals surface area contributed by atoms with Crippen molar-refractivity contribution in [3.63, 3.8) is 0 Å². The number of rotatable bonds is 4. The molecule has 0 spiro atoms. The van der Waals surface area contributed by atoms with E-state index in [0.717, 1.165) is 32.6 Å². The average molecular weight is 200 g/mol. The fourth-order valence-electron chi connectivity index (χ4n) is 1.83. The van der Waals surface area contributed by atoms with E-state index in [2.05, 4.69) is 31.0 Å². The van der Waals surface area contributed by atoms with Gasteiger partial charge >= 0.3 is 0 Å². The number of hydrogen-bond donors (Lipinski definition) is 2. The summed E-state index contributed by atoms with van der Waals surface area (Å²) in [6.45, 7) is 10.5. The predicted molar refractivity (Wildman–Crippen MR) is 59.4 cm³/mol. The number of hydrogen-bond acceptors (Lipinski definition) is 3. The average Bonchev–Trinajstić information content (AvgIpc) is 2.10. The van der Waals surface area contributed by atoms with Crippen molar-refractivity contribution in [2.75, 3.05) is 26.2 Å². The molecule has 84 valence electrons. The third-order valence-corrected chi connectivity index (χ3v) is 2.98. The number of nitrogens with zero attached hydrogens (tertiary/aromatic N) is 1. The fraction of sp³-hybridized carbons (Fsp3) is 1.00. The molecule has 3 nitrogen and oxygen atoms in total. The molecule has 0 bridgehead atoms. The zero-order chi connectivity index (χ0) is 10.6. The molecule has 0 radical (unpaired) electrons. The van der Waals surface area contributed by atoms with Crippen molar-refractivity contribution in [2.24, 2.45) is 5.92 Å². The van der Waals surface area contributed by atoms with E-state index in [9.17, 15) is 5.11 Å². The molecule has 1 fully saturated rings. The van der Waals surface area contributed by atoms with Crippen LogP contribution in [0.3, 0.4) is 0 Å². The summed E-state index contributed by atoms with van der Waals surface area (Å²) in [6, 6.07) is 0.559. The summed E-state index contributed by atoms with van der Waals surface area (Å²) in [7, 11) is 0. The maximum absolute atomic E-state index is 9.69. The van der Waals surface area contributed by atoms with Gasteiger partial charge in [-0.1, -0.05) is 20.8 Å². The Labute approximate surface area is 87.5 Å². The fourth-order valence-corrected chi connectivity index (χ4v) is 1.83. The van der Waals surface area contributed by atoms with Crippen LogP contribution in [0.2, 0.25) is 0 Å². The largest absolute Gasteiger partial charge is 0.392 e. The van der Waals surface area contributed by atoms with Gasteiger partial charge in [-0.25, -0.2) is 0 Å². The Morgan fingerprint density at radius 1 is 1.50 bits per heavy atom. The highest BCUT2D eigenvalue weighted by molar-refractivity contribution is 4.77. The molecule has 14 heavy (non-hydrogen) atoms. The topological polar surface area (TPSA) is 35.5 Å². The summed E-state index contributed by atoms with van der Waals surface area (Å²) in [5, 5.41) is 13.1. The van der Waals surface area contributed by atoms with E-state index < -0.39 is 0 Å². The predicted octanol–water partition coefficient (Wildman–Crippen LogP) is 0.687. The number of aliphatic hydroxyl groups excluding tert-OH is 1. The van der Waals surface area contributed by atoms with Crippen LogP contribution in [0.25, 0.3) is 0 Å². The van der Waals surface area contributed by atoms with Gasteiger partial charge in [0.05, 0.1) is 6.10 Å². The minimum atomic E-state index is -0.122. The van der Waals surface area contributed by atoms with Gasteiger partial charge in [0.2, 0.25) is 0 Å². The summed E-state index contributed by atoms with van der Waals surface area (Å²) < 4.78 is 0. The van der Waals surface area contributed by atoms with Crippen molar-refractivity contribution >= 4 is 0 Å². The Kier molecular flexibility index (Phi) is 4.85. The molecule has 0 aromatic carbocycles. The van der Waals surface area contributed by atoms with Crippen LogP contribution >= 0.6 is 0 Å². The van der Waals surface area contributed by atoms with E-state index in [1.807, 2.05) is 0 Å². The molecule has 2 unspecified atom stereocenters. The van der Waals surface area contributed by atoms with Crippen molar-refractivity contribution in [1.29, 1.82) is 0 Å². The van der Waals surface area contributed by atoms with Crippen LogP contribution in [0.5, 0.6) is 0 Å². The van der Waals surface area contributed by atoms with Crippen LogP contribution in [-0.2, 0) is 0 Å². The normalized spacial score (nSPS) is 29.8. The van der Waals surface area contributed by atoms with Gasteiger partial charge in [-0.15, -0.1) is 0 Å². The highest BCUT2D eigenvalue weighted by Gasteiger charge is 2.23. The molecule has 1 aliphatic heterocycles. The lowest BCUT2D eigenvalue weighted by Gasteiger charge is -2.34. The number of likely N-dealkylation sites (tertiary alicyclic amines) is 1. The van der Waals surface area contributed by atoms with Gasteiger partial charge in [-0.3, -0.25) is 4.90 Å². The van der Waals surface area contributed by atoms with E-state index in [0.29, 0.717) is 12.0 Å². The van der Waals surface area contributed by atoms with Gasteiger partial charge < -0.3 is 10.4 Å². The zero-order valence-electron chi connectivity index (χ0n) is 9.66. The van der Waals surface area contributed by atoms with Crippen LogP contribution in [0, 0.1) is 5.92 Å². The zero-order valence-corrected chi connectivity index (χ0v) is 9.66. The molecular formula is C11H24N2O. The van der Waals surface area contributed by atoms with E-state index >= 15 is 0 Å². The molecule has 2 N–H and O–H groups in total. The lowest BCUT2D eigenvalue weighted by Crippen LogP contribution is -2.45. The first-order chi connectivity index (χ1) is 6.59. The molecule has 0 aliphatic carbocycles. The van der Waals surface area contributed by atoms with Gasteiger partial charge in [0.15, 0.2) is 0 Å². The van der Waals surface area contributed by atoms with E-state index in [4.69, 9.17) is 0 Å². The first-order valence-corrected chi connectivity index (χ1v) is 5.73. The molecule has 3 heteroatoms. The maximum Gasteiger partial charge on any atom is 0.0693 e. The first-order valence-electron chi connectivity index (χ1n) is 5.73. The van der Waals surface area contributed by atoms with E-state index in [1.165, 1.54) is 0 Å². The van der Waals surface area contributed by atoms with Crippen LogP contribution in [0.1, 0.15) is 27.2 Å². The summed E-state index contributed by atoms with van der Waals surface area (Å²) in [4.78, 5) is 2.35. The Morgan fingerprint density at radius 3 is 2.79 bits per heavy atom. The molecule has 1 rings (SSSR count). The molecular weight excluding hydrogens is 176 g/mol. The number of β-amino-alcohol motifs (C(OH)–C–C–N with tert-alkyl or cyclic N) is 1. The molecule has 0 aromatic rings. The van der Waals surface area contributed by atoms with Crippen molar-refractivity contribution in [3.8, 4) is 0 Å². The molecule has 2 atom stereocenters. The van der Waals surface area contributed by atoms with Crippen LogP contribution in [0.15, 0.2) is 0 Å². The Hall–Kier alpha value is -0.120. The minimum absolute atomic E-state index is 0.122.